The van der Waals surface area contributed by atoms with E-state index >= 15 is 0 Å². The Hall–Kier alpha value is -3.65. The van der Waals surface area contributed by atoms with E-state index in [1.807, 2.05) is 68.4 Å². The van der Waals surface area contributed by atoms with Crippen LogP contribution in [0.3, 0.4) is 0 Å². The Labute approximate surface area is 215 Å². The van der Waals surface area contributed by atoms with Gasteiger partial charge in [-0.2, -0.15) is 0 Å². The van der Waals surface area contributed by atoms with E-state index in [2.05, 4.69) is 5.32 Å². The molecule has 0 spiro atoms. The van der Waals surface area contributed by atoms with Crippen LogP contribution in [0.25, 0.3) is 0 Å². The van der Waals surface area contributed by atoms with Crippen LogP contribution in [0.1, 0.15) is 28.4 Å². The van der Waals surface area contributed by atoms with Gasteiger partial charge >= 0.3 is 0 Å². The fraction of sp³-hybridized carbons (Fsp3) is 0.286. The zero-order valence-corrected chi connectivity index (χ0v) is 21.9. The lowest BCUT2D eigenvalue weighted by Gasteiger charge is -2.22. The van der Waals surface area contributed by atoms with Crippen LogP contribution in [0, 0.1) is 13.8 Å². The number of nitrogens with zero attached hydrogens (tertiary/aromatic N) is 1. The van der Waals surface area contributed by atoms with E-state index in [1.165, 1.54) is 0 Å². The van der Waals surface area contributed by atoms with E-state index in [4.69, 9.17) is 14.2 Å². The number of rotatable bonds is 7. The molecule has 2 amide bonds. The number of thioether (sulfide) groups is 1. The van der Waals surface area contributed by atoms with Gasteiger partial charge in [-0.1, -0.05) is 18.2 Å². The summed E-state index contributed by atoms with van der Waals surface area (Å²) in [5.41, 5.74) is 4.44. The van der Waals surface area contributed by atoms with Gasteiger partial charge < -0.3 is 24.4 Å². The predicted molar refractivity (Wildman–Crippen MR) is 143 cm³/mol. The molecule has 7 nitrogen and oxygen atoms in total. The van der Waals surface area contributed by atoms with Gasteiger partial charge in [-0.15, -0.1) is 11.8 Å². The second-order valence-electron chi connectivity index (χ2n) is 8.64. The van der Waals surface area contributed by atoms with E-state index in [0.717, 1.165) is 33.0 Å². The lowest BCUT2D eigenvalue weighted by Crippen LogP contribution is -2.38. The van der Waals surface area contributed by atoms with Gasteiger partial charge in [0.2, 0.25) is 17.6 Å². The zero-order chi connectivity index (χ0) is 25.8. The zero-order valence-electron chi connectivity index (χ0n) is 21.1. The van der Waals surface area contributed by atoms with Crippen molar-refractivity contribution in [3.63, 3.8) is 0 Å². The molecule has 0 aromatic heterocycles. The molecule has 1 atom stereocenters. The molecule has 0 bridgehead atoms. The van der Waals surface area contributed by atoms with E-state index in [-0.39, 0.29) is 30.0 Å². The molecule has 0 unspecified atom stereocenters. The van der Waals surface area contributed by atoms with E-state index in [1.54, 1.807) is 38.0 Å². The Kier molecular flexibility index (Phi) is 7.74. The maximum Gasteiger partial charge on any atom is 0.244 e. The van der Waals surface area contributed by atoms with E-state index in [9.17, 15) is 9.59 Å². The molecule has 4 rings (SSSR count). The van der Waals surface area contributed by atoms with Crippen molar-refractivity contribution in [2.45, 2.75) is 30.4 Å². The maximum atomic E-state index is 13.5. The molecular formula is C28H30N2O5S. The molecule has 1 aliphatic rings. The van der Waals surface area contributed by atoms with Gasteiger partial charge in [0.25, 0.3) is 0 Å². The van der Waals surface area contributed by atoms with Gasteiger partial charge in [-0.25, -0.2) is 0 Å². The van der Waals surface area contributed by atoms with Gasteiger partial charge in [-0.05, 0) is 66.9 Å². The Morgan fingerprint density at radius 2 is 1.61 bits per heavy atom. The predicted octanol–water partition coefficient (Wildman–Crippen LogP) is 5.54. The summed E-state index contributed by atoms with van der Waals surface area (Å²) < 4.78 is 16.5. The number of benzene rings is 3. The normalized spacial score (nSPS) is 15.1. The molecular weight excluding hydrogens is 476 g/mol. The molecule has 0 fully saturated rings. The first kappa shape index (κ1) is 25.4. The molecule has 0 saturated heterocycles. The molecule has 0 aliphatic carbocycles. The summed E-state index contributed by atoms with van der Waals surface area (Å²) in [6.45, 7) is 3.89. The number of methoxy groups -OCH3 is 3. The molecule has 0 saturated carbocycles. The van der Waals surface area contributed by atoms with Crippen molar-refractivity contribution in [3.8, 4) is 17.2 Å². The summed E-state index contributed by atoms with van der Waals surface area (Å²) >= 11 is 1.58. The standard InChI is InChI=1S/C28H30N2O5S/c1-17-10-18(2)12-20(11-17)29-26(31)16-30-21-8-6-7-9-24(21)36-25(15-27(30)32)19-13-22(33-3)28(35-5)23(14-19)34-4/h6-14,25H,15-16H2,1-5H3,(H,29,31)/t25-/m0/s1. The summed E-state index contributed by atoms with van der Waals surface area (Å²) in [7, 11) is 4.69. The molecule has 8 heteroatoms. The Morgan fingerprint density at radius 1 is 0.972 bits per heavy atom. The first-order valence-electron chi connectivity index (χ1n) is 11.6. The third kappa shape index (κ3) is 5.44. The lowest BCUT2D eigenvalue weighted by atomic mass is 10.1. The second kappa shape index (κ2) is 11.0. The van der Waals surface area contributed by atoms with Gasteiger partial charge in [0.1, 0.15) is 6.54 Å². The molecule has 0 radical (unpaired) electrons. The number of amides is 2. The fourth-order valence-corrected chi connectivity index (χ4v) is 5.68. The van der Waals surface area contributed by atoms with Crippen molar-refractivity contribution >= 4 is 35.0 Å². The first-order chi connectivity index (χ1) is 17.3. The SMILES string of the molecule is COc1cc([C@@H]2CC(=O)N(CC(=O)Nc3cc(C)cc(C)c3)c3ccccc3S2)cc(OC)c1OC. The topological polar surface area (TPSA) is 77.1 Å². The summed E-state index contributed by atoms with van der Waals surface area (Å²) in [5, 5.41) is 2.73. The quantitative estimate of drug-likeness (QED) is 0.454. The van der Waals surface area contributed by atoms with Crippen LogP contribution in [-0.4, -0.2) is 39.7 Å². The third-order valence-corrected chi connectivity index (χ3v) is 7.27. The number of nitrogens with one attached hydrogen (secondary N) is 1. The minimum absolute atomic E-state index is 0.0780. The highest BCUT2D eigenvalue weighted by Gasteiger charge is 2.31. The van der Waals surface area contributed by atoms with Gasteiger partial charge in [0, 0.05) is 22.3 Å². The summed E-state index contributed by atoms with van der Waals surface area (Å²) in [5.74, 6) is 1.17. The minimum Gasteiger partial charge on any atom is -0.493 e. The molecule has 3 aromatic rings. The molecule has 1 N–H and O–H groups in total. The summed E-state index contributed by atoms with van der Waals surface area (Å²) in [6.07, 6.45) is 0.203. The van der Waals surface area contributed by atoms with Crippen LogP contribution in [0.15, 0.2) is 59.5 Å². The molecule has 1 heterocycles. The highest BCUT2D eigenvalue weighted by atomic mass is 32.2. The second-order valence-corrected chi connectivity index (χ2v) is 9.89. The monoisotopic (exact) mass is 506 g/mol. The Bertz CT molecular complexity index is 1250. The minimum atomic E-state index is -0.251. The average Bonchev–Trinajstić information content (AvgIpc) is 2.98. The fourth-order valence-electron chi connectivity index (χ4n) is 4.42. The molecule has 36 heavy (non-hydrogen) atoms. The van der Waals surface area contributed by atoms with E-state index < -0.39 is 0 Å². The maximum absolute atomic E-state index is 13.5. The summed E-state index contributed by atoms with van der Waals surface area (Å²) in [4.78, 5) is 29.0. The highest BCUT2D eigenvalue weighted by Crippen LogP contribution is 2.49. The number of ether oxygens (including phenoxy) is 3. The van der Waals surface area contributed by atoms with Gasteiger partial charge in [0.15, 0.2) is 11.5 Å². The number of carbonyl (C=O) groups excluding carboxylic acids is 2. The van der Waals surface area contributed by atoms with Crippen LogP contribution in [0.2, 0.25) is 0 Å². The molecule has 188 valence electrons. The van der Waals surface area contributed by atoms with Crippen molar-refractivity contribution in [1.29, 1.82) is 0 Å². The van der Waals surface area contributed by atoms with E-state index in [0.29, 0.717) is 17.2 Å². The third-order valence-electron chi connectivity index (χ3n) is 5.95. The van der Waals surface area contributed by atoms with Crippen molar-refractivity contribution in [2.24, 2.45) is 0 Å². The Morgan fingerprint density at radius 3 is 2.22 bits per heavy atom. The highest BCUT2D eigenvalue weighted by molar-refractivity contribution is 7.99. The van der Waals surface area contributed by atoms with Crippen LogP contribution in [-0.2, 0) is 9.59 Å². The van der Waals surface area contributed by atoms with Crippen LogP contribution in [0.5, 0.6) is 17.2 Å². The largest absolute Gasteiger partial charge is 0.493 e. The first-order valence-corrected chi connectivity index (χ1v) is 12.4. The molecule has 1 aliphatic heterocycles. The van der Waals surface area contributed by atoms with Gasteiger partial charge in [-0.3, -0.25) is 9.59 Å². The van der Waals surface area contributed by atoms with Crippen LogP contribution in [0.4, 0.5) is 11.4 Å². The number of aryl methyl sites for hydroxylation is 2. The lowest BCUT2D eigenvalue weighted by molar-refractivity contribution is -0.121. The average molecular weight is 507 g/mol. The number of para-hydroxylation sites is 1. The van der Waals surface area contributed by atoms with Gasteiger partial charge in [0.05, 0.1) is 27.0 Å². The summed E-state index contributed by atoms with van der Waals surface area (Å²) in [6, 6.07) is 17.3. The van der Waals surface area contributed by atoms with Crippen molar-refractivity contribution in [2.75, 3.05) is 38.1 Å². The number of hydrogen-bond donors (Lipinski definition) is 1. The smallest absolute Gasteiger partial charge is 0.244 e. The van der Waals surface area contributed by atoms with Crippen molar-refractivity contribution in [3.05, 3.63) is 71.3 Å². The number of hydrogen-bond acceptors (Lipinski definition) is 6. The Balaban J connectivity index is 1.63. The van der Waals surface area contributed by atoms with Crippen molar-refractivity contribution in [1.82, 2.24) is 0 Å². The number of fused-ring (bicyclic) bond motifs is 1. The van der Waals surface area contributed by atoms with Crippen molar-refractivity contribution < 1.29 is 23.8 Å². The number of anilines is 2. The van der Waals surface area contributed by atoms with Crippen LogP contribution < -0.4 is 24.4 Å². The van der Waals surface area contributed by atoms with Crippen LogP contribution >= 0.6 is 11.8 Å². The number of carbonyl (C=O) groups is 2. The molecule has 3 aromatic carbocycles.